The predicted octanol–water partition coefficient (Wildman–Crippen LogP) is -0.0900. The average Bonchev–Trinajstić information content (AvgIpc) is 0. The predicted molar refractivity (Wildman–Crippen MR) is 0 cm³/mol. The Hall–Kier alpha value is 18.2. The Morgan fingerprint density at radius 1 is 0.0278 bits per heavy atom. The average molecular weight is 2120 g/mol. The molecule has 0 saturated carbocycles. The molecule has 0 spiro atoms. The van der Waals surface area contributed by atoms with E-state index < -0.39 is 0 Å². The minimum Gasteiger partial charge on any atom is 0 e. The first-order valence-electron chi connectivity index (χ1n) is 0. The number of hydrogen-bond acceptors (Lipinski definition) is 0. The van der Waals surface area contributed by atoms with Crippen molar-refractivity contribution >= 4 is 0 Å². The van der Waals surface area contributed by atoms with Crippen LogP contribution in [0.3, 0.4) is 0 Å². The zero-order valence-corrected chi connectivity index (χ0v) is 49.5. The summed E-state index contributed by atoms with van der Waals surface area (Å²) in [6, 6.07) is 0. The van der Waals surface area contributed by atoms with Crippen molar-refractivity contribution < 1.29 is 604 Å². The van der Waals surface area contributed by atoms with Crippen LogP contribution in [0.15, 0.2) is 0 Å². The van der Waals surface area contributed by atoms with Crippen molar-refractivity contribution in [3.8, 4) is 0 Å². The van der Waals surface area contributed by atoms with Gasteiger partial charge in [0, 0.05) is 604 Å². The molecule has 0 saturated heterocycles. The van der Waals surface area contributed by atoms with Gasteiger partial charge in [0.15, 0.2) is 0 Å². The van der Waals surface area contributed by atoms with Crippen LogP contribution in [0.5, 0.6) is 0 Å². The Balaban J connectivity index is 0. The molecule has 0 aliphatic carbocycles. The largest absolute Gasteiger partial charge is 0 e. The Kier molecular flexibility index (Phi) is 5610. The van der Waals surface area contributed by atoms with Crippen molar-refractivity contribution in [3.63, 3.8) is 0 Å². The van der Waals surface area contributed by atoms with Gasteiger partial charge in [0.2, 0.25) is 0 Å². The van der Waals surface area contributed by atoms with Gasteiger partial charge >= 0.3 is 0 Å². The van der Waals surface area contributed by atoms with E-state index >= 15 is 0 Å². The Labute approximate surface area is 589 Å². The smallest absolute Gasteiger partial charge is 0 e. The second-order valence-corrected chi connectivity index (χ2v) is 0. The Bertz CT molecular complexity index is 0. The van der Waals surface area contributed by atoms with E-state index in [4.69, 9.17) is 0 Å². The summed E-state index contributed by atoms with van der Waals surface area (Å²) < 4.78 is 0. The Morgan fingerprint density at radius 3 is 0.0278 bits per heavy atom. The van der Waals surface area contributed by atoms with Crippen LogP contribution in [0.2, 0.25) is 0 Å². The van der Waals surface area contributed by atoms with E-state index in [-0.39, 0.29) is 604 Å². The monoisotopic (exact) mass is 2120 g/mol. The van der Waals surface area contributed by atoms with Crippen molar-refractivity contribution in [2.75, 3.05) is 0 Å². The van der Waals surface area contributed by atoms with Crippen molar-refractivity contribution in [1.29, 1.82) is 0 Å². The van der Waals surface area contributed by atoms with Crippen LogP contribution in [-0.4, -0.2) is 0 Å². The summed E-state index contributed by atoms with van der Waals surface area (Å²) in [6.45, 7) is 0. The third-order valence-electron chi connectivity index (χ3n) is 0. The fourth-order valence-corrected chi connectivity index (χ4v) is 0. The number of hydrogen-bond donors (Lipinski definition) is 0. The SMILES string of the molecule is [Co].[Co].[Co].[Co].[Co].[Co].[Co].[Co].[Co].[Co].[Co].[Co].[Co].[Co].[Co].[Co].[Co].[Co].[Co].[Co].[Co].[Co].[Co].[Co].[Co].[Co].[Co].[Co].[Co].[Co].[Co].[Co].[Co].[Co].[Co].[Co]. The van der Waals surface area contributed by atoms with Gasteiger partial charge in [0.25, 0.3) is 0 Å². The minimum atomic E-state index is 0. The van der Waals surface area contributed by atoms with Crippen LogP contribution in [-0.2, 0) is 604 Å². The minimum absolute atomic E-state index is 0. The van der Waals surface area contributed by atoms with Crippen LogP contribution >= 0.6 is 0 Å². The second kappa shape index (κ2) is 437. The third kappa shape index (κ3) is 412. The van der Waals surface area contributed by atoms with Crippen molar-refractivity contribution in [1.82, 2.24) is 0 Å². The topological polar surface area (TPSA) is 0 Å². The van der Waals surface area contributed by atoms with Crippen LogP contribution < -0.4 is 0 Å². The molecule has 0 fully saturated rings. The van der Waals surface area contributed by atoms with Crippen molar-refractivity contribution in [3.05, 3.63) is 0 Å². The molecule has 0 bridgehead atoms. The quantitative estimate of drug-likeness (QED) is 0.319. The maximum atomic E-state index is 0. The summed E-state index contributed by atoms with van der Waals surface area (Å²) in [7, 11) is 0. The molecule has 324 valence electrons. The molecule has 0 aromatic rings. The second-order valence-electron chi connectivity index (χ2n) is 0. The molecule has 0 nitrogen and oxygen atoms in total. The zero-order chi connectivity index (χ0) is 0. The molecule has 0 rings (SSSR count). The molecular weight excluding hydrogens is 2120 g/mol. The molecular formula is Co36. The number of rotatable bonds is 0. The first kappa shape index (κ1) is 462. The molecule has 0 aliphatic heterocycles. The van der Waals surface area contributed by atoms with Gasteiger partial charge in [0.1, 0.15) is 0 Å². The van der Waals surface area contributed by atoms with Crippen molar-refractivity contribution in [2.24, 2.45) is 0 Å². The molecule has 0 unspecified atom stereocenters. The van der Waals surface area contributed by atoms with Gasteiger partial charge < -0.3 is 0 Å². The first-order valence-corrected chi connectivity index (χ1v) is 0. The van der Waals surface area contributed by atoms with E-state index in [1.807, 2.05) is 0 Å². The van der Waals surface area contributed by atoms with E-state index in [0.29, 0.717) is 0 Å². The first-order chi connectivity index (χ1) is 0. The molecule has 0 N–H and O–H groups in total. The summed E-state index contributed by atoms with van der Waals surface area (Å²) in [6.07, 6.45) is 0. The fraction of sp³-hybridized carbons (Fsp3) is 0. The maximum absolute atomic E-state index is 0. The molecule has 0 aliphatic rings. The van der Waals surface area contributed by atoms with E-state index in [1.165, 1.54) is 0 Å². The summed E-state index contributed by atoms with van der Waals surface area (Å²) in [5.74, 6) is 0. The van der Waals surface area contributed by atoms with E-state index in [9.17, 15) is 0 Å². The molecule has 0 aromatic heterocycles. The van der Waals surface area contributed by atoms with Gasteiger partial charge in [-0.05, 0) is 0 Å². The van der Waals surface area contributed by atoms with E-state index in [1.54, 1.807) is 0 Å². The van der Waals surface area contributed by atoms with Gasteiger partial charge in [-0.25, -0.2) is 0 Å². The van der Waals surface area contributed by atoms with Crippen molar-refractivity contribution in [2.45, 2.75) is 0 Å². The van der Waals surface area contributed by atoms with Gasteiger partial charge in [-0.3, -0.25) is 0 Å². The van der Waals surface area contributed by atoms with Gasteiger partial charge in [-0.15, -0.1) is 0 Å². The van der Waals surface area contributed by atoms with E-state index in [2.05, 4.69) is 0 Å². The molecule has 0 heterocycles. The van der Waals surface area contributed by atoms with Gasteiger partial charge in [-0.1, -0.05) is 0 Å². The zero-order valence-electron chi connectivity index (χ0n) is 12.0. The molecule has 36 heavy (non-hydrogen) atoms. The van der Waals surface area contributed by atoms with Gasteiger partial charge in [0.05, 0.1) is 0 Å². The summed E-state index contributed by atoms with van der Waals surface area (Å²) in [4.78, 5) is 0. The molecule has 0 atom stereocenters. The summed E-state index contributed by atoms with van der Waals surface area (Å²) >= 11 is 0. The molecule has 36 radical (unpaired) electrons. The van der Waals surface area contributed by atoms with Crippen LogP contribution in [0.25, 0.3) is 0 Å². The summed E-state index contributed by atoms with van der Waals surface area (Å²) in [5.41, 5.74) is 0. The fourth-order valence-electron chi connectivity index (χ4n) is 0. The van der Waals surface area contributed by atoms with Crippen LogP contribution in [0.4, 0.5) is 0 Å². The molecule has 0 aromatic carbocycles. The Morgan fingerprint density at radius 2 is 0.0278 bits per heavy atom. The van der Waals surface area contributed by atoms with Gasteiger partial charge in [-0.2, -0.15) is 0 Å². The summed E-state index contributed by atoms with van der Waals surface area (Å²) in [5, 5.41) is 0. The third-order valence-corrected chi connectivity index (χ3v) is 0. The van der Waals surface area contributed by atoms with E-state index in [0.717, 1.165) is 0 Å². The molecule has 36 heteroatoms. The molecule has 0 amide bonds. The standard InChI is InChI=1S/36Co. The maximum Gasteiger partial charge on any atom is 0 e. The normalized spacial score (nSPS) is 0. The van der Waals surface area contributed by atoms with Crippen LogP contribution in [0.1, 0.15) is 0 Å². The van der Waals surface area contributed by atoms with Crippen LogP contribution in [0, 0.1) is 0 Å².